The van der Waals surface area contributed by atoms with Crippen molar-refractivity contribution < 1.29 is 19.0 Å². The highest BCUT2D eigenvalue weighted by Crippen LogP contribution is 2.36. The van der Waals surface area contributed by atoms with Gasteiger partial charge in [0.1, 0.15) is 25.2 Å². The second-order valence-electron chi connectivity index (χ2n) is 5.09. The van der Waals surface area contributed by atoms with Gasteiger partial charge in [-0.2, -0.15) is 0 Å². The van der Waals surface area contributed by atoms with Crippen LogP contribution in [0.3, 0.4) is 0 Å². The number of hydrogen-bond donors (Lipinski definition) is 0. The molecule has 0 saturated carbocycles. The quantitative estimate of drug-likeness (QED) is 0.530. The Morgan fingerprint density at radius 1 is 1.04 bits per heavy atom. The van der Waals surface area contributed by atoms with Crippen molar-refractivity contribution >= 4 is 22.2 Å². The van der Waals surface area contributed by atoms with Crippen molar-refractivity contribution in [2.75, 3.05) is 20.3 Å². The highest BCUT2D eigenvalue weighted by molar-refractivity contribution is 9.10. The molecule has 23 heavy (non-hydrogen) atoms. The zero-order valence-corrected chi connectivity index (χ0v) is 15.0. The Kier molecular flexibility index (Phi) is 6.04. The van der Waals surface area contributed by atoms with Crippen molar-refractivity contribution in [2.24, 2.45) is 0 Å². The van der Waals surface area contributed by atoms with E-state index >= 15 is 0 Å². The Labute approximate surface area is 144 Å². The Morgan fingerprint density at radius 3 is 2.43 bits per heavy atom. The van der Waals surface area contributed by atoms with Crippen LogP contribution in [0.1, 0.15) is 21.5 Å². The van der Waals surface area contributed by atoms with Crippen LogP contribution in [0.4, 0.5) is 0 Å². The van der Waals surface area contributed by atoms with Gasteiger partial charge in [0.2, 0.25) is 0 Å². The molecule has 0 radical (unpaired) electrons. The van der Waals surface area contributed by atoms with Crippen LogP contribution in [0.25, 0.3) is 0 Å². The van der Waals surface area contributed by atoms with Gasteiger partial charge in [-0.25, -0.2) is 0 Å². The lowest BCUT2D eigenvalue weighted by atomic mass is 10.1. The van der Waals surface area contributed by atoms with Crippen molar-refractivity contribution in [1.82, 2.24) is 0 Å². The largest absolute Gasteiger partial charge is 0.493 e. The van der Waals surface area contributed by atoms with Crippen LogP contribution in [0.2, 0.25) is 0 Å². The molecule has 0 aliphatic rings. The molecule has 0 unspecified atom stereocenters. The Bertz CT molecular complexity index is 698. The number of aldehydes is 1. The van der Waals surface area contributed by atoms with Crippen molar-refractivity contribution in [3.8, 4) is 17.2 Å². The fourth-order valence-corrected chi connectivity index (χ4v) is 2.63. The predicted octanol–water partition coefficient (Wildman–Crippen LogP) is 4.34. The van der Waals surface area contributed by atoms with Crippen molar-refractivity contribution in [3.05, 3.63) is 51.5 Å². The number of halogens is 1. The highest BCUT2D eigenvalue weighted by atomic mass is 79.9. The number of rotatable bonds is 7. The number of carbonyl (C=O) groups excluding carboxylic acids is 1. The molecule has 0 heterocycles. The molecule has 5 heteroatoms. The fourth-order valence-electron chi connectivity index (χ4n) is 2.05. The van der Waals surface area contributed by atoms with Crippen LogP contribution < -0.4 is 14.2 Å². The van der Waals surface area contributed by atoms with Gasteiger partial charge in [-0.3, -0.25) is 4.79 Å². The summed E-state index contributed by atoms with van der Waals surface area (Å²) in [6, 6.07) is 9.30. The molecule has 0 spiro atoms. The molecule has 0 aliphatic heterocycles. The van der Waals surface area contributed by atoms with Crippen LogP contribution in [-0.2, 0) is 0 Å². The van der Waals surface area contributed by atoms with E-state index in [2.05, 4.69) is 29.8 Å². The van der Waals surface area contributed by atoms with E-state index in [1.165, 1.54) is 18.2 Å². The average Bonchev–Trinajstić information content (AvgIpc) is 2.55. The first-order valence-electron chi connectivity index (χ1n) is 7.20. The summed E-state index contributed by atoms with van der Waals surface area (Å²) in [5.74, 6) is 1.88. The number of ether oxygens (including phenoxy) is 3. The fraction of sp³-hybridized carbons (Fsp3) is 0.278. The molecule has 0 amide bonds. The summed E-state index contributed by atoms with van der Waals surface area (Å²) in [4.78, 5) is 10.9. The lowest BCUT2D eigenvalue weighted by Gasteiger charge is -2.14. The van der Waals surface area contributed by atoms with Gasteiger partial charge >= 0.3 is 0 Å². The van der Waals surface area contributed by atoms with Gasteiger partial charge in [-0.1, -0.05) is 6.07 Å². The molecule has 0 bridgehead atoms. The molecule has 0 aliphatic carbocycles. The summed E-state index contributed by atoms with van der Waals surface area (Å²) in [5.41, 5.74) is 2.95. The first kappa shape index (κ1) is 17.3. The van der Waals surface area contributed by atoms with E-state index in [0.717, 1.165) is 12.0 Å². The van der Waals surface area contributed by atoms with Gasteiger partial charge < -0.3 is 14.2 Å². The lowest BCUT2D eigenvalue weighted by molar-refractivity contribution is 0.112. The number of methoxy groups -OCH3 is 1. The third-order valence-corrected chi connectivity index (χ3v) is 4.05. The van der Waals surface area contributed by atoms with Gasteiger partial charge in [-0.15, -0.1) is 0 Å². The van der Waals surface area contributed by atoms with Crippen LogP contribution in [0.15, 0.2) is 34.8 Å². The molecule has 2 aromatic carbocycles. The van der Waals surface area contributed by atoms with Gasteiger partial charge in [0.25, 0.3) is 0 Å². The normalized spacial score (nSPS) is 10.3. The maximum absolute atomic E-state index is 10.9. The van der Waals surface area contributed by atoms with E-state index in [9.17, 15) is 4.79 Å². The predicted molar refractivity (Wildman–Crippen MR) is 93.0 cm³/mol. The van der Waals surface area contributed by atoms with Crippen molar-refractivity contribution in [2.45, 2.75) is 13.8 Å². The van der Waals surface area contributed by atoms with Crippen LogP contribution in [-0.4, -0.2) is 26.6 Å². The molecular formula is C18H19BrO4. The van der Waals surface area contributed by atoms with Crippen molar-refractivity contribution in [1.29, 1.82) is 0 Å². The van der Waals surface area contributed by atoms with Gasteiger partial charge in [0, 0.05) is 5.56 Å². The standard InChI is InChI=1S/C18H19BrO4/c1-12-4-5-15(8-13(12)2)22-6-7-23-18-16(19)9-14(11-20)10-17(18)21-3/h4-5,8-11H,6-7H2,1-3H3. The average molecular weight is 379 g/mol. The molecule has 2 aromatic rings. The minimum Gasteiger partial charge on any atom is -0.493 e. The van der Waals surface area contributed by atoms with E-state index in [0.29, 0.717) is 34.7 Å². The Balaban J connectivity index is 1.96. The Hall–Kier alpha value is -2.01. The minimum atomic E-state index is 0.363. The number of benzene rings is 2. The summed E-state index contributed by atoms with van der Waals surface area (Å²) in [5, 5.41) is 0. The first-order valence-corrected chi connectivity index (χ1v) is 8.00. The smallest absolute Gasteiger partial charge is 0.175 e. The Morgan fingerprint density at radius 2 is 1.78 bits per heavy atom. The SMILES string of the molecule is COc1cc(C=O)cc(Br)c1OCCOc1ccc(C)c(C)c1. The summed E-state index contributed by atoms with van der Waals surface area (Å²) in [6.45, 7) is 4.89. The number of aryl methyl sites for hydroxylation is 2. The van der Waals surface area contributed by atoms with Crippen LogP contribution in [0, 0.1) is 13.8 Å². The summed E-state index contributed by atoms with van der Waals surface area (Å²) >= 11 is 3.39. The van der Waals surface area contributed by atoms with Crippen LogP contribution >= 0.6 is 15.9 Å². The third kappa shape index (κ3) is 4.48. The molecule has 0 saturated heterocycles. The van der Waals surface area contributed by atoms with E-state index in [-0.39, 0.29) is 0 Å². The zero-order valence-electron chi connectivity index (χ0n) is 13.4. The summed E-state index contributed by atoms with van der Waals surface area (Å²) in [7, 11) is 1.54. The monoisotopic (exact) mass is 378 g/mol. The van der Waals surface area contributed by atoms with E-state index in [1.54, 1.807) is 12.1 Å². The van der Waals surface area contributed by atoms with Gasteiger partial charge in [0.05, 0.1) is 11.6 Å². The molecule has 4 nitrogen and oxygen atoms in total. The molecule has 0 N–H and O–H groups in total. The first-order chi connectivity index (χ1) is 11.0. The van der Waals surface area contributed by atoms with E-state index in [4.69, 9.17) is 14.2 Å². The van der Waals surface area contributed by atoms with Gasteiger partial charge in [-0.05, 0) is 65.2 Å². The minimum absolute atomic E-state index is 0.363. The van der Waals surface area contributed by atoms with Crippen molar-refractivity contribution in [3.63, 3.8) is 0 Å². The second kappa shape index (κ2) is 8.02. The summed E-state index contributed by atoms with van der Waals surface area (Å²) < 4.78 is 17.3. The topological polar surface area (TPSA) is 44.8 Å². The number of hydrogen-bond acceptors (Lipinski definition) is 4. The number of carbonyl (C=O) groups is 1. The zero-order chi connectivity index (χ0) is 16.8. The molecular weight excluding hydrogens is 360 g/mol. The third-order valence-electron chi connectivity index (χ3n) is 3.46. The molecule has 0 atom stereocenters. The van der Waals surface area contributed by atoms with E-state index < -0.39 is 0 Å². The van der Waals surface area contributed by atoms with E-state index in [1.807, 2.05) is 18.2 Å². The maximum atomic E-state index is 10.9. The second-order valence-corrected chi connectivity index (χ2v) is 5.95. The molecule has 0 aromatic heterocycles. The maximum Gasteiger partial charge on any atom is 0.175 e. The molecule has 0 fully saturated rings. The van der Waals surface area contributed by atoms with Gasteiger partial charge in [0.15, 0.2) is 11.5 Å². The lowest BCUT2D eigenvalue weighted by Crippen LogP contribution is -2.10. The van der Waals surface area contributed by atoms with Crippen LogP contribution in [0.5, 0.6) is 17.2 Å². The molecule has 2 rings (SSSR count). The highest BCUT2D eigenvalue weighted by Gasteiger charge is 2.11. The summed E-state index contributed by atoms with van der Waals surface area (Å²) in [6.07, 6.45) is 0.764. The molecule has 122 valence electrons.